The number of hydrogen-bond acceptors (Lipinski definition) is 3. The summed E-state index contributed by atoms with van der Waals surface area (Å²) >= 11 is 0. The highest BCUT2D eigenvalue weighted by Crippen LogP contribution is 2.25. The van der Waals surface area contributed by atoms with E-state index in [-0.39, 0.29) is 11.8 Å². The summed E-state index contributed by atoms with van der Waals surface area (Å²) in [5.41, 5.74) is -2.14. The zero-order valence-electron chi connectivity index (χ0n) is 6.67. The van der Waals surface area contributed by atoms with Gasteiger partial charge in [-0.3, -0.25) is 4.79 Å². The molecule has 0 bridgehead atoms. The van der Waals surface area contributed by atoms with Crippen LogP contribution in [0.5, 0.6) is 0 Å². The van der Waals surface area contributed by atoms with E-state index in [1.54, 1.807) is 0 Å². The molecular weight excluding hydrogens is 197 g/mol. The normalized spacial score (nSPS) is 9.93. The highest BCUT2D eigenvalue weighted by Gasteiger charge is 2.22. The van der Waals surface area contributed by atoms with Gasteiger partial charge in [-0.1, -0.05) is 0 Å². The molecule has 1 aromatic heterocycles. The van der Waals surface area contributed by atoms with Gasteiger partial charge >= 0.3 is 0 Å². The van der Waals surface area contributed by atoms with E-state index in [1.807, 2.05) is 0 Å². The minimum atomic E-state index is -3.17. The SMILES string of the molecule is N#Cc1c(C=O)cnc(F)c1C(F)F. The third-order valence-electron chi connectivity index (χ3n) is 1.55. The first-order valence-electron chi connectivity index (χ1n) is 3.43. The molecule has 6 heteroatoms. The third-order valence-corrected chi connectivity index (χ3v) is 1.55. The van der Waals surface area contributed by atoms with Crippen molar-refractivity contribution < 1.29 is 18.0 Å². The third kappa shape index (κ3) is 1.57. The van der Waals surface area contributed by atoms with Crippen molar-refractivity contribution in [1.29, 1.82) is 5.26 Å². The smallest absolute Gasteiger partial charge is 0.269 e. The zero-order valence-corrected chi connectivity index (χ0v) is 6.67. The van der Waals surface area contributed by atoms with E-state index < -0.39 is 23.5 Å². The molecule has 3 nitrogen and oxygen atoms in total. The standard InChI is InChI=1S/C8H3F3N2O/c9-7(10)6-5(1-12)4(3-14)2-13-8(6)11/h2-3,7H. The summed E-state index contributed by atoms with van der Waals surface area (Å²) in [6.07, 6.45) is -2.25. The second kappa shape index (κ2) is 3.87. The monoisotopic (exact) mass is 200 g/mol. The van der Waals surface area contributed by atoms with Crippen LogP contribution in [0.3, 0.4) is 0 Å². The van der Waals surface area contributed by atoms with Gasteiger partial charge < -0.3 is 0 Å². The van der Waals surface area contributed by atoms with Gasteiger partial charge in [0.15, 0.2) is 6.29 Å². The lowest BCUT2D eigenvalue weighted by Crippen LogP contribution is -2.03. The predicted octanol–water partition coefficient (Wildman–Crippen LogP) is 1.84. The average Bonchev–Trinajstić information content (AvgIpc) is 2.16. The molecule has 0 N–H and O–H groups in total. The molecule has 0 aliphatic rings. The van der Waals surface area contributed by atoms with Crippen LogP contribution < -0.4 is 0 Å². The number of pyridine rings is 1. The van der Waals surface area contributed by atoms with Crippen molar-refractivity contribution >= 4 is 6.29 Å². The number of nitrogens with zero attached hydrogens (tertiary/aromatic N) is 2. The summed E-state index contributed by atoms with van der Waals surface area (Å²) in [6, 6.07) is 1.35. The largest absolute Gasteiger partial charge is 0.298 e. The molecule has 14 heavy (non-hydrogen) atoms. The fraction of sp³-hybridized carbons (Fsp3) is 0.125. The van der Waals surface area contributed by atoms with Crippen molar-refractivity contribution in [2.75, 3.05) is 0 Å². The van der Waals surface area contributed by atoms with Crippen LogP contribution >= 0.6 is 0 Å². The molecule has 0 spiro atoms. The Morgan fingerprint density at radius 2 is 2.21 bits per heavy atom. The van der Waals surface area contributed by atoms with Crippen LogP contribution in [-0.4, -0.2) is 11.3 Å². The molecule has 0 aliphatic carbocycles. The van der Waals surface area contributed by atoms with Crippen molar-refractivity contribution in [2.45, 2.75) is 6.43 Å². The van der Waals surface area contributed by atoms with Crippen LogP contribution in [0.4, 0.5) is 13.2 Å². The van der Waals surface area contributed by atoms with Gasteiger partial charge in [-0.05, 0) is 0 Å². The maximum atomic E-state index is 12.7. The van der Waals surface area contributed by atoms with Gasteiger partial charge in [-0.2, -0.15) is 9.65 Å². The number of carbonyl (C=O) groups is 1. The number of carbonyl (C=O) groups excluding carboxylic acids is 1. The molecule has 0 unspecified atom stereocenters. The van der Waals surface area contributed by atoms with Crippen LogP contribution in [0.15, 0.2) is 6.20 Å². The van der Waals surface area contributed by atoms with Gasteiger partial charge in [-0.15, -0.1) is 0 Å². The molecule has 1 aromatic rings. The summed E-state index contributed by atoms with van der Waals surface area (Å²) in [7, 11) is 0. The summed E-state index contributed by atoms with van der Waals surface area (Å²) in [6.45, 7) is 0. The molecule has 0 saturated carbocycles. The van der Waals surface area contributed by atoms with E-state index in [2.05, 4.69) is 4.98 Å². The summed E-state index contributed by atoms with van der Waals surface area (Å²) in [5.74, 6) is -1.43. The molecule has 0 fully saturated rings. The highest BCUT2D eigenvalue weighted by molar-refractivity contribution is 5.79. The van der Waals surface area contributed by atoms with Crippen molar-refractivity contribution in [3.63, 3.8) is 0 Å². The van der Waals surface area contributed by atoms with Crippen molar-refractivity contribution in [3.05, 3.63) is 28.8 Å². The van der Waals surface area contributed by atoms with Crippen molar-refractivity contribution in [1.82, 2.24) is 4.98 Å². The summed E-state index contributed by atoms with van der Waals surface area (Å²) in [5, 5.41) is 8.47. The molecule has 0 atom stereocenters. The maximum absolute atomic E-state index is 12.7. The minimum Gasteiger partial charge on any atom is -0.298 e. The number of alkyl halides is 2. The Morgan fingerprint density at radius 1 is 1.57 bits per heavy atom. The molecule has 0 amide bonds. The van der Waals surface area contributed by atoms with E-state index in [4.69, 9.17) is 5.26 Å². The van der Waals surface area contributed by atoms with E-state index in [1.165, 1.54) is 6.07 Å². The number of aldehydes is 1. The number of nitriles is 1. The Labute approximate surface area is 76.8 Å². The molecule has 0 saturated heterocycles. The Morgan fingerprint density at radius 3 is 2.64 bits per heavy atom. The van der Waals surface area contributed by atoms with E-state index in [0.717, 1.165) is 6.20 Å². The molecule has 1 rings (SSSR count). The number of rotatable bonds is 2. The van der Waals surface area contributed by atoms with Gasteiger partial charge in [-0.25, -0.2) is 13.8 Å². The topological polar surface area (TPSA) is 53.8 Å². The van der Waals surface area contributed by atoms with Gasteiger partial charge in [0.1, 0.15) is 6.07 Å². The van der Waals surface area contributed by atoms with Crippen LogP contribution in [0.2, 0.25) is 0 Å². The highest BCUT2D eigenvalue weighted by atomic mass is 19.3. The van der Waals surface area contributed by atoms with E-state index in [9.17, 15) is 18.0 Å². The fourth-order valence-electron chi connectivity index (χ4n) is 0.932. The molecule has 72 valence electrons. The number of aromatic nitrogens is 1. The van der Waals surface area contributed by atoms with Crippen molar-refractivity contribution in [2.24, 2.45) is 0 Å². The molecule has 1 heterocycles. The summed E-state index contributed by atoms with van der Waals surface area (Å²) < 4.78 is 37.2. The van der Waals surface area contributed by atoms with Gasteiger partial charge in [0.25, 0.3) is 6.43 Å². The van der Waals surface area contributed by atoms with E-state index in [0.29, 0.717) is 0 Å². The molecule has 0 radical (unpaired) electrons. The fourth-order valence-corrected chi connectivity index (χ4v) is 0.932. The van der Waals surface area contributed by atoms with Crippen LogP contribution in [0.25, 0.3) is 0 Å². The Hall–Kier alpha value is -1.90. The first-order chi connectivity index (χ1) is 6.61. The van der Waals surface area contributed by atoms with Crippen LogP contribution in [0.1, 0.15) is 27.9 Å². The van der Waals surface area contributed by atoms with Gasteiger partial charge in [0, 0.05) is 6.20 Å². The summed E-state index contributed by atoms with van der Waals surface area (Å²) in [4.78, 5) is 13.3. The maximum Gasteiger partial charge on any atom is 0.269 e. The second-order valence-electron chi connectivity index (χ2n) is 2.32. The van der Waals surface area contributed by atoms with Gasteiger partial charge in [0.05, 0.1) is 16.7 Å². The minimum absolute atomic E-state index is 0.177. The van der Waals surface area contributed by atoms with Gasteiger partial charge in [0.2, 0.25) is 5.95 Å². The number of halogens is 3. The van der Waals surface area contributed by atoms with E-state index >= 15 is 0 Å². The lowest BCUT2D eigenvalue weighted by Gasteiger charge is -2.04. The zero-order chi connectivity index (χ0) is 10.7. The number of hydrogen-bond donors (Lipinski definition) is 0. The van der Waals surface area contributed by atoms with Crippen LogP contribution in [-0.2, 0) is 0 Å². The second-order valence-corrected chi connectivity index (χ2v) is 2.32. The first kappa shape index (κ1) is 10.2. The Balaban J connectivity index is 3.52. The Kier molecular flexibility index (Phi) is 2.82. The molecule has 0 aliphatic heterocycles. The lowest BCUT2D eigenvalue weighted by atomic mass is 10.1. The lowest BCUT2D eigenvalue weighted by molar-refractivity contribution is 0.112. The first-order valence-corrected chi connectivity index (χ1v) is 3.43. The van der Waals surface area contributed by atoms with Crippen molar-refractivity contribution in [3.8, 4) is 6.07 Å². The Bertz CT molecular complexity index is 412. The average molecular weight is 200 g/mol. The predicted molar refractivity (Wildman–Crippen MR) is 39.3 cm³/mol. The van der Waals surface area contributed by atoms with Crippen LogP contribution in [0, 0.1) is 17.3 Å². The molecule has 0 aromatic carbocycles. The quantitative estimate of drug-likeness (QED) is 0.540. The molecular formula is C8H3F3N2O.